The lowest BCUT2D eigenvalue weighted by Crippen LogP contribution is -2.48. The number of hydrogen-bond donors (Lipinski definition) is 0. The van der Waals surface area contributed by atoms with Crippen LogP contribution in [0.3, 0.4) is 0 Å². The molecule has 0 amide bonds. The molecule has 0 spiro atoms. The first-order chi connectivity index (χ1) is 12.8. The van der Waals surface area contributed by atoms with E-state index in [0.29, 0.717) is 37.6 Å². The monoisotopic (exact) mass is 389 g/mol. The topological polar surface area (TPSA) is 83.8 Å². The molecule has 0 aliphatic carbocycles. The summed E-state index contributed by atoms with van der Waals surface area (Å²) in [4.78, 5) is 13.0. The lowest BCUT2D eigenvalue weighted by molar-refractivity contribution is -0.384. The Balaban J connectivity index is 1.67. The van der Waals surface area contributed by atoms with Gasteiger partial charge in [-0.25, -0.2) is 8.42 Å². The fourth-order valence-corrected chi connectivity index (χ4v) is 5.01. The number of nitro benzene ring substituents is 1. The summed E-state index contributed by atoms with van der Waals surface area (Å²) in [6.07, 6.45) is 0. The van der Waals surface area contributed by atoms with Gasteiger partial charge in [0.25, 0.3) is 5.69 Å². The molecule has 27 heavy (non-hydrogen) atoms. The minimum Gasteiger partial charge on any atom is -0.296 e. The van der Waals surface area contributed by atoms with Crippen LogP contribution in [0.25, 0.3) is 0 Å². The number of benzene rings is 2. The second kappa shape index (κ2) is 7.75. The quantitative estimate of drug-likeness (QED) is 0.580. The molecule has 0 saturated carbocycles. The van der Waals surface area contributed by atoms with Gasteiger partial charge in [0.15, 0.2) is 0 Å². The zero-order chi connectivity index (χ0) is 19.6. The summed E-state index contributed by atoms with van der Waals surface area (Å²) in [5.74, 6) is 0. The molecule has 1 saturated heterocycles. The van der Waals surface area contributed by atoms with Gasteiger partial charge in [0.2, 0.25) is 10.0 Å². The van der Waals surface area contributed by atoms with Gasteiger partial charge in [-0.05, 0) is 36.6 Å². The van der Waals surface area contributed by atoms with Crippen molar-refractivity contribution < 1.29 is 13.3 Å². The Morgan fingerprint density at radius 2 is 1.74 bits per heavy atom. The molecule has 2 aromatic rings. The summed E-state index contributed by atoms with van der Waals surface area (Å²) in [7, 11) is -3.51. The Morgan fingerprint density at radius 1 is 1.04 bits per heavy atom. The van der Waals surface area contributed by atoms with Crippen LogP contribution >= 0.6 is 0 Å². The fraction of sp³-hybridized carbons (Fsp3) is 0.368. The van der Waals surface area contributed by atoms with Gasteiger partial charge in [-0.1, -0.05) is 24.3 Å². The van der Waals surface area contributed by atoms with Crippen LogP contribution in [0.1, 0.15) is 16.7 Å². The minimum atomic E-state index is -3.51. The van der Waals surface area contributed by atoms with E-state index in [2.05, 4.69) is 4.90 Å². The predicted octanol–water partition coefficient (Wildman–Crippen LogP) is 2.72. The lowest BCUT2D eigenvalue weighted by atomic mass is 10.2. The van der Waals surface area contributed by atoms with Crippen molar-refractivity contribution in [2.45, 2.75) is 25.3 Å². The highest BCUT2D eigenvalue weighted by atomic mass is 32.2. The molecule has 144 valence electrons. The SMILES string of the molecule is Cc1ccc(C)c(S(=O)(=O)N2CCN(Cc3cccc([N+](=O)[O-])c3)CC2)c1. The predicted molar refractivity (Wildman–Crippen MR) is 103 cm³/mol. The third kappa shape index (κ3) is 4.35. The van der Waals surface area contributed by atoms with Gasteiger partial charge >= 0.3 is 0 Å². The van der Waals surface area contributed by atoms with E-state index >= 15 is 0 Å². The van der Waals surface area contributed by atoms with Gasteiger partial charge in [-0.3, -0.25) is 15.0 Å². The van der Waals surface area contributed by atoms with Crippen molar-refractivity contribution >= 4 is 15.7 Å². The Hall–Kier alpha value is -2.29. The average molecular weight is 389 g/mol. The van der Waals surface area contributed by atoms with Gasteiger partial charge in [0.1, 0.15) is 0 Å². The molecule has 7 nitrogen and oxygen atoms in total. The molecule has 1 aliphatic heterocycles. The number of rotatable bonds is 5. The second-order valence-corrected chi connectivity index (χ2v) is 8.78. The third-order valence-corrected chi connectivity index (χ3v) is 6.86. The lowest BCUT2D eigenvalue weighted by Gasteiger charge is -2.34. The van der Waals surface area contributed by atoms with Crippen LogP contribution < -0.4 is 0 Å². The number of piperazine rings is 1. The molecule has 2 aromatic carbocycles. The third-order valence-electron chi connectivity index (χ3n) is 4.82. The zero-order valence-electron chi connectivity index (χ0n) is 15.5. The highest BCUT2D eigenvalue weighted by Gasteiger charge is 2.29. The van der Waals surface area contributed by atoms with Crippen molar-refractivity contribution in [2.75, 3.05) is 26.2 Å². The molecule has 0 bridgehead atoms. The van der Waals surface area contributed by atoms with Crippen LogP contribution in [-0.2, 0) is 16.6 Å². The molecule has 0 unspecified atom stereocenters. The Bertz CT molecular complexity index is 951. The molecule has 1 heterocycles. The first kappa shape index (κ1) is 19.5. The van der Waals surface area contributed by atoms with Gasteiger partial charge in [-0.2, -0.15) is 4.31 Å². The summed E-state index contributed by atoms with van der Waals surface area (Å²) in [5.41, 5.74) is 2.60. The van der Waals surface area contributed by atoms with Crippen molar-refractivity contribution in [1.82, 2.24) is 9.21 Å². The van der Waals surface area contributed by atoms with Crippen LogP contribution in [-0.4, -0.2) is 48.7 Å². The summed E-state index contributed by atoms with van der Waals surface area (Å²) in [6, 6.07) is 12.0. The van der Waals surface area contributed by atoms with Gasteiger partial charge in [0, 0.05) is 44.9 Å². The average Bonchev–Trinajstić information content (AvgIpc) is 2.64. The van der Waals surface area contributed by atoms with Gasteiger partial charge < -0.3 is 0 Å². The molecule has 1 fully saturated rings. The fourth-order valence-electron chi connectivity index (χ4n) is 3.28. The smallest absolute Gasteiger partial charge is 0.269 e. The van der Waals surface area contributed by atoms with E-state index in [1.807, 2.05) is 32.0 Å². The molecule has 0 atom stereocenters. The molecule has 0 radical (unpaired) electrons. The van der Waals surface area contributed by atoms with E-state index in [1.165, 1.54) is 10.4 Å². The van der Waals surface area contributed by atoms with Crippen LogP contribution in [0.5, 0.6) is 0 Å². The number of aryl methyl sites for hydroxylation is 2. The Morgan fingerprint density at radius 3 is 2.41 bits per heavy atom. The highest BCUT2D eigenvalue weighted by molar-refractivity contribution is 7.89. The second-order valence-electron chi connectivity index (χ2n) is 6.88. The maximum Gasteiger partial charge on any atom is 0.269 e. The number of nitro groups is 1. The maximum absolute atomic E-state index is 13.0. The van der Waals surface area contributed by atoms with Gasteiger partial charge in [-0.15, -0.1) is 0 Å². The van der Waals surface area contributed by atoms with Crippen LogP contribution in [0.15, 0.2) is 47.4 Å². The van der Waals surface area contributed by atoms with E-state index in [1.54, 1.807) is 18.2 Å². The minimum absolute atomic E-state index is 0.0728. The molecular weight excluding hydrogens is 366 g/mol. The first-order valence-corrected chi connectivity index (χ1v) is 10.2. The van der Waals surface area contributed by atoms with E-state index in [4.69, 9.17) is 0 Å². The van der Waals surface area contributed by atoms with Crippen molar-refractivity contribution in [3.05, 3.63) is 69.3 Å². The van der Waals surface area contributed by atoms with E-state index in [0.717, 1.165) is 16.7 Å². The standard InChI is InChI=1S/C19H23N3O4S/c1-15-6-7-16(2)19(12-15)27(25,26)21-10-8-20(9-11-21)14-17-4-3-5-18(13-17)22(23)24/h3-7,12-13H,8-11,14H2,1-2H3. The number of hydrogen-bond acceptors (Lipinski definition) is 5. The van der Waals surface area contributed by atoms with Crippen LogP contribution in [0, 0.1) is 24.0 Å². The largest absolute Gasteiger partial charge is 0.296 e. The Labute approximate surface area is 159 Å². The highest BCUT2D eigenvalue weighted by Crippen LogP contribution is 2.23. The van der Waals surface area contributed by atoms with E-state index in [-0.39, 0.29) is 5.69 Å². The van der Waals surface area contributed by atoms with Crippen LogP contribution in [0.4, 0.5) is 5.69 Å². The molecule has 3 rings (SSSR count). The zero-order valence-corrected chi connectivity index (χ0v) is 16.3. The summed E-state index contributed by atoms with van der Waals surface area (Å²) < 4.78 is 27.5. The summed E-state index contributed by atoms with van der Waals surface area (Å²) in [5, 5.41) is 10.9. The molecule has 8 heteroatoms. The number of non-ortho nitro benzene ring substituents is 1. The molecule has 0 N–H and O–H groups in total. The number of sulfonamides is 1. The first-order valence-electron chi connectivity index (χ1n) is 8.80. The number of nitrogens with zero attached hydrogens (tertiary/aromatic N) is 3. The molecule has 0 aromatic heterocycles. The normalized spacial score (nSPS) is 16.4. The van der Waals surface area contributed by atoms with Crippen molar-refractivity contribution in [3.8, 4) is 0 Å². The van der Waals surface area contributed by atoms with Crippen molar-refractivity contribution in [3.63, 3.8) is 0 Å². The van der Waals surface area contributed by atoms with E-state index < -0.39 is 14.9 Å². The molecule has 1 aliphatic rings. The van der Waals surface area contributed by atoms with Crippen LogP contribution in [0.2, 0.25) is 0 Å². The van der Waals surface area contributed by atoms with E-state index in [9.17, 15) is 18.5 Å². The van der Waals surface area contributed by atoms with Crippen molar-refractivity contribution in [1.29, 1.82) is 0 Å². The molecular formula is C19H23N3O4S. The summed E-state index contributed by atoms with van der Waals surface area (Å²) in [6.45, 7) is 6.26. The van der Waals surface area contributed by atoms with Crippen molar-refractivity contribution in [2.24, 2.45) is 0 Å². The maximum atomic E-state index is 13.0. The Kier molecular flexibility index (Phi) is 5.59. The van der Waals surface area contributed by atoms with Gasteiger partial charge in [0.05, 0.1) is 9.82 Å². The summed E-state index contributed by atoms with van der Waals surface area (Å²) >= 11 is 0.